The number of nitro benzene ring substituents is 2. The van der Waals surface area contributed by atoms with Crippen LogP contribution >= 0.6 is 19.8 Å². The number of nitrogens with two attached hydrogens (primary N) is 1. The van der Waals surface area contributed by atoms with E-state index in [1.54, 1.807) is 6.07 Å². The van der Waals surface area contributed by atoms with E-state index < -0.39 is 115 Å². The fourth-order valence-electron chi connectivity index (χ4n) is 5.14. The zero-order chi connectivity index (χ0) is 58.3. The number of nitriles is 2. The van der Waals surface area contributed by atoms with E-state index in [1.165, 1.54) is 31.0 Å². The third-order valence-corrected chi connectivity index (χ3v) is 9.08. The Bertz CT molecular complexity index is 2730. The van der Waals surface area contributed by atoms with Crippen molar-refractivity contribution in [2.75, 3.05) is 30.7 Å². The molecule has 0 aliphatic rings. The quantitative estimate of drug-likeness (QED) is 0.0414. The molecule has 2 heterocycles. The molecule has 0 unspecified atom stereocenters. The fourth-order valence-corrected chi connectivity index (χ4v) is 5.14. The zero-order valence-electron chi connectivity index (χ0n) is 37.4. The first-order chi connectivity index (χ1) is 33.6. The molecule has 405 valence electrons. The van der Waals surface area contributed by atoms with Crippen molar-refractivity contribution in [3.05, 3.63) is 101 Å². The maximum atomic E-state index is 13.6. The van der Waals surface area contributed by atoms with Crippen LogP contribution in [0.5, 0.6) is 0 Å². The van der Waals surface area contributed by atoms with E-state index >= 15 is 0 Å². The van der Waals surface area contributed by atoms with Gasteiger partial charge in [0, 0.05) is 31.8 Å². The maximum absolute atomic E-state index is 13.6. The number of aryl methyl sites for hydroxylation is 2. The Balaban J connectivity index is 0.00000104. The monoisotopic (exact) mass is 1130 g/mol. The standard InChI is InChI=1S/C15H7F8N5O3.C8H4N2O4.C7H5F8N3.C6H15N.BClOP/c1-27-11(9(14(18,19)20)10(26-27)13(16,17)15(21,22)23)25-12(29)6-2-3-7(5-24)8(4-6)28(30)31;9-4-6-2-1-5(8(11)12)3-7(6)10(13)14;1-18-4(16)2(6(10,11)12)3(17-18)5(8,9)7(13,14)15;1-4-7(5-2)6-3;2-1-4-3/h2-4H,1H3,(H,25,29);1-3H,(H,11,12);16H2,1H3;4-6H2,1-3H3;. The van der Waals surface area contributed by atoms with Crippen molar-refractivity contribution in [1.82, 2.24) is 24.5 Å². The normalized spacial score (nSPS) is 11.7. The van der Waals surface area contributed by atoms with E-state index in [9.17, 15) is 100 Å². The number of rotatable bonds is 11. The molecule has 4 rings (SSSR count). The predicted octanol–water partition coefficient (Wildman–Crippen LogP) is 10.4. The summed E-state index contributed by atoms with van der Waals surface area (Å²) in [6.07, 6.45) is -22.9. The van der Waals surface area contributed by atoms with Gasteiger partial charge in [-0.2, -0.15) is 102 Å². The van der Waals surface area contributed by atoms with Gasteiger partial charge < -0.3 is 21.1 Å². The second-order valence-electron chi connectivity index (χ2n) is 13.4. The van der Waals surface area contributed by atoms with Crippen LogP contribution in [0, 0.1) is 42.9 Å². The predicted molar refractivity (Wildman–Crippen MR) is 224 cm³/mol. The third-order valence-electron chi connectivity index (χ3n) is 8.76. The number of benzene rings is 2. The van der Waals surface area contributed by atoms with Crippen molar-refractivity contribution in [2.45, 2.75) is 57.3 Å². The molecule has 1 radical (unpaired) electrons. The minimum atomic E-state index is -6.42. The molecule has 0 spiro atoms. The number of alkyl halides is 16. The average Bonchev–Trinajstić information content (AvgIpc) is 3.81. The van der Waals surface area contributed by atoms with Crippen LogP contribution in [0.2, 0.25) is 0 Å². The highest BCUT2D eigenvalue weighted by Gasteiger charge is 2.65. The largest absolute Gasteiger partial charge is 0.478 e. The Hall–Kier alpha value is -7.33. The van der Waals surface area contributed by atoms with Crippen molar-refractivity contribution < 1.29 is 99.4 Å². The number of amides is 1. The van der Waals surface area contributed by atoms with Crippen LogP contribution in [0.4, 0.5) is 93.3 Å². The average molecular weight is 1130 g/mol. The number of nitrogen functional groups attached to an aromatic ring is 1. The number of carboxylic acid groups (broad SMARTS) is 1. The van der Waals surface area contributed by atoms with Crippen LogP contribution in [0.25, 0.3) is 0 Å². The van der Waals surface area contributed by atoms with E-state index in [2.05, 4.69) is 35.9 Å². The second-order valence-corrected chi connectivity index (χ2v) is 14.3. The summed E-state index contributed by atoms with van der Waals surface area (Å²) >= 11 is 4.74. The zero-order valence-corrected chi connectivity index (χ0v) is 39.1. The molecule has 1 amide bonds. The molecule has 2 aromatic carbocycles. The molecule has 0 atom stereocenters. The smallest absolute Gasteiger partial charge is 0.459 e. The lowest BCUT2D eigenvalue weighted by Crippen LogP contribution is -2.36. The fraction of sp³-hybridized carbons (Fsp3) is 0.389. The van der Waals surface area contributed by atoms with Crippen molar-refractivity contribution in [3.63, 3.8) is 0 Å². The molecule has 0 bridgehead atoms. The van der Waals surface area contributed by atoms with Crippen molar-refractivity contribution in [2.24, 2.45) is 14.1 Å². The van der Waals surface area contributed by atoms with Crippen LogP contribution in [0.1, 0.15) is 75.1 Å². The number of hydrogen-bond acceptors (Lipinski definition) is 13. The molecule has 19 nitrogen and oxygen atoms in total. The van der Waals surface area contributed by atoms with Gasteiger partial charge in [0.2, 0.25) is 0 Å². The number of hydrogen-bond donors (Lipinski definition) is 3. The van der Waals surface area contributed by atoms with Crippen molar-refractivity contribution in [1.29, 1.82) is 10.5 Å². The summed E-state index contributed by atoms with van der Waals surface area (Å²) in [6, 6.07) is 8.28. The van der Waals surface area contributed by atoms with Gasteiger partial charge in [-0.15, -0.1) is 0 Å². The molecule has 0 aliphatic carbocycles. The minimum Gasteiger partial charge on any atom is -0.478 e. The topological polar surface area (TPSA) is 282 Å². The van der Waals surface area contributed by atoms with E-state index in [1.807, 2.05) is 0 Å². The molecule has 0 fully saturated rings. The van der Waals surface area contributed by atoms with Gasteiger partial charge in [-0.05, 0) is 43.9 Å². The number of aromatic nitrogens is 4. The SMILES string of the molecule is CCN(CC)CC.Cn1nc(C(F)(F)C(F)(F)F)c(C(F)(F)F)c1N.Cn1nc(C(F)(F)C(F)(F)F)c(C(F)(F)F)c1NC(=O)c1ccc(C#N)c([N+](=O)[O-])c1.N#Cc1ccc(C(=O)O)cc1[N+](=O)[O-].O=P[B]Cl. The van der Waals surface area contributed by atoms with Gasteiger partial charge in [0.25, 0.3) is 17.3 Å². The van der Waals surface area contributed by atoms with Gasteiger partial charge in [0.15, 0.2) is 11.4 Å². The first-order valence-corrected chi connectivity index (χ1v) is 20.3. The Labute approximate surface area is 410 Å². The van der Waals surface area contributed by atoms with Crippen LogP contribution < -0.4 is 11.1 Å². The first kappa shape index (κ1) is 66.7. The molecule has 0 saturated carbocycles. The van der Waals surface area contributed by atoms with E-state index in [0.29, 0.717) is 13.1 Å². The summed E-state index contributed by atoms with van der Waals surface area (Å²) in [5.74, 6) is -17.4. The molecular formula is C36H31BClF16N11O8P. The summed E-state index contributed by atoms with van der Waals surface area (Å²) in [6.45, 7) is 10.1. The molecular weight excluding hydrogens is 1100 g/mol. The summed E-state index contributed by atoms with van der Waals surface area (Å²) < 4.78 is 213. The number of carbonyl (C=O) groups excluding carboxylic acids is 1. The summed E-state index contributed by atoms with van der Waals surface area (Å²) in [5, 5.41) is 53.8. The molecule has 0 aliphatic heterocycles. The number of halogens is 17. The van der Waals surface area contributed by atoms with Crippen LogP contribution in [0.3, 0.4) is 0 Å². The summed E-state index contributed by atoms with van der Waals surface area (Å²) in [5.41, 5.74) is -8.08. The van der Waals surface area contributed by atoms with Gasteiger partial charge in [0.05, 0.1) is 15.4 Å². The first-order valence-electron chi connectivity index (χ1n) is 19.0. The summed E-state index contributed by atoms with van der Waals surface area (Å²) in [7, 11) is 1.18. The molecule has 0 saturated heterocycles. The van der Waals surface area contributed by atoms with Gasteiger partial charge in [-0.3, -0.25) is 39.0 Å². The summed E-state index contributed by atoms with van der Waals surface area (Å²) in [4.78, 5) is 44.6. The van der Waals surface area contributed by atoms with Crippen LogP contribution in [-0.4, -0.2) is 89.7 Å². The van der Waals surface area contributed by atoms with Gasteiger partial charge in [-0.1, -0.05) is 20.8 Å². The minimum absolute atomic E-state index is 0.0479. The highest BCUT2D eigenvalue weighted by Crippen LogP contribution is 2.51. The van der Waals surface area contributed by atoms with Crippen LogP contribution in [-0.2, 0) is 42.9 Å². The van der Waals surface area contributed by atoms with Gasteiger partial charge >= 0.3 is 48.9 Å². The maximum Gasteiger partial charge on any atom is 0.459 e. The number of carboxylic acids is 1. The number of carbonyl (C=O) groups is 2. The number of anilines is 2. The number of nitrogens with zero attached hydrogens (tertiary/aromatic N) is 9. The van der Waals surface area contributed by atoms with Gasteiger partial charge in [-0.25, -0.2) is 4.79 Å². The highest BCUT2D eigenvalue weighted by atomic mass is 35.5. The molecule has 74 heavy (non-hydrogen) atoms. The Morgan fingerprint density at radius 1 is 0.743 bits per heavy atom. The third kappa shape index (κ3) is 17.1. The molecule has 38 heteroatoms. The Kier molecular flexibility index (Phi) is 23.9. The number of nitro groups is 2. The second kappa shape index (κ2) is 26.6. The van der Waals surface area contributed by atoms with E-state index in [4.69, 9.17) is 37.4 Å². The van der Waals surface area contributed by atoms with Crippen molar-refractivity contribution >= 4 is 61.1 Å². The molecule has 4 N–H and O–H groups in total. The van der Waals surface area contributed by atoms with E-state index in [-0.39, 0.29) is 28.8 Å². The molecule has 2 aromatic heterocycles. The number of aromatic carboxylic acids is 1. The Morgan fingerprint density at radius 3 is 1.39 bits per heavy atom. The lowest BCUT2D eigenvalue weighted by molar-refractivity contribution is -0.385. The highest BCUT2D eigenvalue weighted by molar-refractivity contribution is 7.70. The van der Waals surface area contributed by atoms with Gasteiger partial charge in [0.1, 0.15) is 54.4 Å². The lowest BCUT2D eigenvalue weighted by Gasteiger charge is -2.19. The molecule has 4 aromatic rings. The van der Waals surface area contributed by atoms with Crippen LogP contribution in [0.15, 0.2) is 36.4 Å². The van der Waals surface area contributed by atoms with Crippen molar-refractivity contribution in [3.8, 4) is 12.1 Å². The van der Waals surface area contributed by atoms with E-state index in [0.717, 1.165) is 43.8 Å². The lowest BCUT2D eigenvalue weighted by atomic mass is 10.1. The number of nitrogens with one attached hydrogen (secondary N) is 1. The Morgan fingerprint density at radius 2 is 1.09 bits per heavy atom.